The van der Waals surface area contributed by atoms with Crippen LogP contribution < -0.4 is 4.74 Å². The van der Waals surface area contributed by atoms with Gasteiger partial charge in [0.05, 0.1) is 12.2 Å². The van der Waals surface area contributed by atoms with E-state index in [4.69, 9.17) is 4.74 Å². The van der Waals surface area contributed by atoms with Crippen LogP contribution in [0, 0.1) is 10.5 Å². The molecule has 6 heteroatoms. The number of carboxylic acid groups (broad SMARTS) is 1. The minimum Gasteiger partial charge on any atom is -0.478 e. The predicted molar refractivity (Wildman–Crippen MR) is 134 cm³/mol. The molecule has 0 spiro atoms. The largest absolute Gasteiger partial charge is 0.478 e. The van der Waals surface area contributed by atoms with Gasteiger partial charge in [0.1, 0.15) is 5.75 Å². The van der Waals surface area contributed by atoms with Crippen molar-refractivity contribution < 1.29 is 24.5 Å². The van der Waals surface area contributed by atoms with E-state index in [1.807, 2.05) is 54.6 Å². The van der Waals surface area contributed by atoms with Crippen LogP contribution in [0.1, 0.15) is 43.7 Å². The van der Waals surface area contributed by atoms with Crippen LogP contribution in [-0.2, 0) is 11.4 Å². The normalized spacial score (nSPS) is 11.2. The lowest BCUT2D eigenvalue weighted by molar-refractivity contribution is -0.120. The number of carbonyl (C=O) groups is 2. The van der Waals surface area contributed by atoms with Gasteiger partial charge in [-0.3, -0.25) is 4.79 Å². The standard InChI is InChI=1S/C26H21IO5/c1-17-2-3-18(12-23(17)26(30)31)6-9-21-10-7-19(13-24(21)27)4-5-20-8-11-22(15-28)25(14-20)32-16-29/h2-14,16,28H,15H2,1H3,(H,30,31)/b5-4+,9-6+. The fourth-order valence-corrected chi connectivity index (χ4v) is 3.82. The Morgan fingerprint density at radius 3 is 2.22 bits per heavy atom. The first-order valence-electron chi connectivity index (χ1n) is 9.75. The topological polar surface area (TPSA) is 83.8 Å². The van der Waals surface area contributed by atoms with Gasteiger partial charge in [-0.25, -0.2) is 4.79 Å². The molecule has 0 amide bonds. The van der Waals surface area contributed by atoms with Crippen LogP contribution in [0.2, 0.25) is 0 Å². The quantitative estimate of drug-likeness (QED) is 0.219. The summed E-state index contributed by atoms with van der Waals surface area (Å²) in [6.07, 6.45) is 7.71. The van der Waals surface area contributed by atoms with Gasteiger partial charge in [-0.2, -0.15) is 0 Å². The zero-order valence-electron chi connectivity index (χ0n) is 17.3. The average Bonchev–Trinajstić information content (AvgIpc) is 2.78. The van der Waals surface area contributed by atoms with E-state index in [1.165, 1.54) is 0 Å². The van der Waals surface area contributed by atoms with Gasteiger partial charge in [-0.1, -0.05) is 60.7 Å². The summed E-state index contributed by atoms with van der Waals surface area (Å²) in [6, 6.07) is 16.7. The summed E-state index contributed by atoms with van der Waals surface area (Å²) in [5.74, 6) is -0.596. The van der Waals surface area contributed by atoms with Crippen molar-refractivity contribution in [2.75, 3.05) is 0 Å². The van der Waals surface area contributed by atoms with Crippen molar-refractivity contribution in [1.29, 1.82) is 0 Å². The van der Waals surface area contributed by atoms with Crippen molar-refractivity contribution >= 4 is 59.3 Å². The molecule has 0 aliphatic heterocycles. The SMILES string of the molecule is Cc1ccc(/C=C/c2ccc(/C=C/c3ccc(CO)c(OC=O)c3)cc2I)cc1C(=O)O. The number of hydrogen-bond donors (Lipinski definition) is 2. The predicted octanol–water partition coefficient (Wildman–Crippen LogP) is 5.67. The Bertz CT molecular complexity index is 1210. The first-order chi connectivity index (χ1) is 15.4. The molecule has 3 aromatic rings. The minimum atomic E-state index is -0.931. The molecule has 32 heavy (non-hydrogen) atoms. The van der Waals surface area contributed by atoms with Crippen LogP contribution in [0.15, 0.2) is 54.6 Å². The Kier molecular flexibility index (Phi) is 7.97. The molecule has 0 heterocycles. The van der Waals surface area contributed by atoms with Crippen LogP contribution >= 0.6 is 22.6 Å². The highest BCUT2D eigenvalue weighted by atomic mass is 127. The first-order valence-corrected chi connectivity index (χ1v) is 10.8. The molecule has 0 aliphatic rings. The molecule has 0 radical (unpaired) electrons. The molecule has 0 bridgehead atoms. The number of aromatic carboxylic acids is 1. The minimum absolute atomic E-state index is 0.208. The van der Waals surface area contributed by atoms with Gasteiger partial charge < -0.3 is 14.9 Å². The number of aliphatic hydroxyl groups excluding tert-OH is 1. The Morgan fingerprint density at radius 1 is 0.938 bits per heavy atom. The maximum absolute atomic E-state index is 11.3. The van der Waals surface area contributed by atoms with Gasteiger partial charge in [-0.15, -0.1) is 0 Å². The zero-order valence-corrected chi connectivity index (χ0v) is 19.4. The number of benzene rings is 3. The summed E-state index contributed by atoms with van der Waals surface area (Å²) >= 11 is 2.27. The molecule has 0 saturated heterocycles. The lowest BCUT2D eigenvalue weighted by Crippen LogP contribution is -1.99. The van der Waals surface area contributed by atoms with Gasteiger partial charge >= 0.3 is 5.97 Å². The van der Waals surface area contributed by atoms with Crippen molar-refractivity contribution in [1.82, 2.24) is 0 Å². The molecule has 3 rings (SSSR count). The molecule has 0 atom stereocenters. The number of ether oxygens (including phenoxy) is 1. The second-order valence-electron chi connectivity index (χ2n) is 7.07. The molecule has 3 aromatic carbocycles. The van der Waals surface area contributed by atoms with Gasteiger partial charge in [0, 0.05) is 9.13 Å². The average molecular weight is 540 g/mol. The molecule has 0 unspecified atom stereocenters. The first kappa shape index (κ1) is 23.4. The molecular weight excluding hydrogens is 519 g/mol. The van der Waals surface area contributed by atoms with E-state index in [0.29, 0.717) is 23.3 Å². The van der Waals surface area contributed by atoms with Crippen molar-refractivity contribution in [3.8, 4) is 5.75 Å². The summed E-state index contributed by atoms with van der Waals surface area (Å²) in [5.41, 5.74) is 5.27. The zero-order chi connectivity index (χ0) is 23.1. The summed E-state index contributed by atoms with van der Waals surface area (Å²) in [6.45, 7) is 1.92. The molecular formula is C26H21IO5. The van der Waals surface area contributed by atoms with Crippen LogP contribution in [0.25, 0.3) is 24.3 Å². The molecule has 2 N–H and O–H groups in total. The van der Waals surface area contributed by atoms with E-state index in [-0.39, 0.29) is 6.61 Å². The van der Waals surface area contributed by atoms with E-state index in [9.17, 15) is 19.8 Å². The number of aliphatic hydroxyl groups is 1. The van der Waals surface area contributed by atoms with Crippen LogP contribution in [0.5, 0.6) is 5.75 Å². The molecule has 162 valence electrons. The summed E-state index contributed by atoms with van der Waals surface area (Å²) in [4.78, 5) is 22.0. The number of halogens is 1. The summed E-state index contributed by atoms with van der Waals surface area (Å²) in [5, 5.41) is 18.6. The lowest BCUT2D eigenvalue weighted by atomic mass is 10.0. The Morgan fingerprint density at radius 2 is 1.56 bits per heavy atom. The number of hydrogen-bond acceptors (Lipinski definition) is 4. The highest BCUT2D eigenvalue weighted by molar-refractivity contribution is 14.1. The smallest absolute Gasteiger partial charge is 0.335 e. The summed E-state index contributed by atoms with van der Waals surface area (Å²) < 4.78 is 5.98. The maximum Gasteiger partial charge on any atom is 0.335 e. The second kappa shape index (κ2) is 10.9. The molecule has 5 nitrogen and oxygen atoms in total. The molecule has 0 fully saturated rings. The molecule has 0 saturated carbocycles. The molecule has 0 aliphatic carbocycles. The molecule has 0 aromatic heterocycles. The van der Waals surface area contributed by atoms with Gasteiger partial charge in [0.25, 0.3) is 6.47 Å². The monoisotopic (exact) mass is 540 g/mol. The van der Waals surface area contributed by atoms with E-state index >= 15 is 0 Å². The van der Waals surface area contributed by atoms with Crippen LogP contribution in [0.4, 0.5) is 0 Å². The van der Waals surface area contributed by atoms with E-state index < -0.39 is 5.97 Å². The number of rotatable bonds is 8. The van der Waals surface area contributed by atoms with Crippen LogP contribution in [0.3, 0.4) is 0 Å². The third-order valence-electron chi connectivity index (χ3n) is 4.88. The third kappa shape index (κ3) is 5.93. The number of carboxylic acids is 1. The fourth-order valence-electron chi connectivity index (χ4n) is 3.10. The summed E-state index contributed by atoms with van der Waals surface area (Å²) in [7, 11) is 0. The van der Waals surface area contributed by atoms with Crippen molar-refractivity contribution in [2.24, 2.45) is 0 Å². The third-order valence-corrected chi connectivity index (χ3v) is 5.81. The van der Waals surface area contributed by atoms with E-state index in [2.05, 4.69) is 22.6 Å². The Hall–Kier alpha value is -3.23. The van der Waals surface area contributed by atoms with Crippen molar-refractivity contribution in [3.63, 3.8) is 0 Å². The van der Waals surface area contributed by atoms with Gasteiger partial charge in [-0.05, 0) is 75.5 Å². The Labute approximate surface area is 199 Å². The van der Waals surface area contributed by atoms with Crippen LogP contribution in [-0.4, -0.2) is 22.7 Å². The fraction of sp³-hybridized carbons (Fsp3) is 0.0769. The van der Waals surface area contributed by atoms with Crippen molar-refractivity contribution in [3.05, 3.63) is 97.1 Å². The van der Waals surface area contributed by atoms with Gasteiger partial charge in [0.15, 0.2) is 0 Å². The Balaban J connectivity index is 1.78. The number of aryl methyl sites for hydroxylation is 1. The van der Waals surface area contributed by atoms with Crippen molar-refractivity contribution in [2.45, 2.75) is 13.5 Å². The highest BCUT2D eigenvalue weighted by Gasteiger charge is 2.07. The highest BCUT2D eigenvalue weighted by Crippen LogP contribution is 2.23. The maximum atomic E-state index is 11.3. The van der Waals surface area contributed by atoms with E-state index in [1.54, 1.807) is 31.2 Å². The lowest BCUT2D eigenvalue weighted by Gasteiger charge is -2.06. The number of carbonyl (C=O) groups excluding carboxylic acids is 1. The van der Waals surface area contributed by atoms with Gasteiger partial charge in [0.2, 0.25) is 0 Å². The van der Waals surface area contributed by atoms with E-state index in [0.717, 1.165) is 31.4 Å². The second-order valence-corrected chi connectivity index (χ2v) is 8.23.